The maximum atomic E-state index is 6.58. The van der Waals surface area contributed by atoms with Gasteiger partial charge in [-0.2, -0.15) is 0 Å². The van der Waals surface area contributed by atoms with Crippen molar-refractivity contribution in [1.29, 1.82) is 0 Å². The second-order valence-electron chi connectivity index (χ2n) is 2.84. The second-order valence-corrected chi connectivity index (χ2v) is 2.84. The highest BCUT2D eigenvalue weighted by atomic mass is 14.6. The van der Waals surface area contributed by atoms with Gasteiger partial charge < -0.3 is 4.85 Å². The quantitative estimate of drug-likeness (QED) is 0.311. The largest absolute Gasteiger partial charge is 0.317 e. The summed E-state index contributed by atoms with van der Waals surface area (Å²) in [5.74, 6) is 0. The van der Waals surface area contributed by atoms with Gasteiger partial charge in [0.05, 0.1) is 0 Å². The van der Waals surface area contributed by atoms with Gasteiger partial charge in [0.25, 0.3) is 0 Å². The zero-order valence-electron chi connectivity index (χ0n) is 7.40. The number of hydrogen-bond acceptors (Lipinski definition) is 0. The van der Waals surface area contributed by atoms with Crippen LogP contribution in [0.1, 0.15) is 39.0 Å². The molecule has 0 aromatic carbocycles. The van der Waals surface area contributed by atoms with Crippen LogP contribution >= 0.6 is 0 Å². The topological polar surface area (TPSA) is 4.36 Å². The molecule has 0 saturated carbocycles. The van der Waals surface area contributed by atoms with Crippen LogP contribution in [0, 0.1) is 6.57 Å². The summed E-state index contributed by atoms with van der Waals surface area (Å²) >= 11 is 0. The lowest BCUT2D eigenvalue weighted by atomic mass is 10.1. The van der Waals surface area contributed by atoms with Crippen molar-refractivity contribution in [1.82, 2.24) is 0 Å². The van der Waals surface area contributed by atoms with E-state index in [2.05, 4.69) is 18.3 Å². The first-order chi connectivity index (χ1) is 5.31. The van der Waals surface area contributed by atoms with Crippen LogP contribution in [0.4, 0.5) is 0 Å². The number of allylic oxidation sites excluding steroid dienone is 1. The minimum Gasteiger partial charge on any atom is -0.317 e. The van der Waals surface area contributed by atoms with Crippen molar-refractivity contribution >= 4 is 0 Å². The first kappa shape index (κ1) is 10.2. The Kier molecular flexibility index (Phi) is 6.82. The van der Waals surface area contributed by atoms with Gasteiger partial charge in [0.2, 0.25) is 6.54 Å². The van der Waals surface area contributed by atoms with Crippen molar-refractivity contribution in [3.63, 3.8) is 0 Å². The lowest BCUT2D eigenvalue weighted by molar-refractivity contribution is 0.741. The molecule has 0 fully saturated rings. The molecule has 0 radical (unpaired) electrons. The van der Waals surface area contributed by atoms with E-state index in [1.165, 1.54) is 18.4 Å². The number of nitrogens with zero attached hydrogens (tertiary/aromatic N) is 1. The summed E-state index contributed by atoms with van der Waals surface area (Å²) in [4.78, 5) is 3.30. The maximum Gasteiger partial charge on any atom is 0.215 e. The number of unbranched alkanes of at least 4 members (excludes halogenated alkanes) is 1. The minimum atomic E-state index is 0.658. The van der Waals surface area contributed by atoms with Crippen LogP contribution in [0.3, 0.4) is 0 Å². The summed E-state index contributed by atoms with van der Waals surface area (Å²) in [6.45, 7) is 13.4. The fourth-order valence-electron chi connectivity index (χ4n) is 0.960. The Morgan fingerprint density at radius 2 is 2.00 bits per heavy atom. The molecular weight excluding hydrogens is 134 g/mol. The van der Waals surface area contributed by atoms with Gasteiger partial charge in [-0.1, -0.05) is 25.5 Å². The molecule has 0 unspecified atom stereocenters. The molecule has 11 heavy (non-hydrogen) atoms. The average Bonchev–Trinajstić information content (AvgIpc) is 2.01. The average molecular weight is 151 g/mol. The van der Waals surface area contributed by atoms with E-state index in [4.69, 9.17) is 6.57 Å². The van der Waals surface area contributed by atoms with Crippen molar-refractivity contribution in [2.24, 2.45) is 0 Å². The second kappa shape index (κ2) is 7.34. The Labute approximate surface area is 69.9 Å². The third-order valence-corrected chi connectivity index (χ3v) is 1.68. The van der Waals surface area contributed by atoms with Gasteiger partial charge >= 0.3 is 0 Å². The predicted molar refractivity (Wildman–Crippen MR) is 49.4 cm³/mol. The molecule has 1 nitrogen and oxygen atoms in total. The monoisotopic (exact) mass is 151 g/mol. The highest BCUT2D eigenvalue weighted by molar-refractivity contribution is 4.93. The van der Waals surface area contributed by atoms with Crippen LogP contribution in [-0.2, 0) is 0 Å². The third kappa shape index (κ3) is 7.12. The van der Waals surface area contributed by atoms with Crippen molar-refractivity contribution in [3.05, 3.63) is 23.6 Å². The van der Waals surface area contributed by atoms with E-state index >= 15 is 0 Å². The SMILES string of the molecule is [C-]#[N+]CCCC(=C)CCCC. The summed E-state index contributed by atoms with van der Waals surface area (Å²) in [5.41, 5.74) is 1.32. The van der Waals surface area contributed by atoms with Crippen LogP contribution in [0.15, 0.2) is 12.2 Å². The highest BCUT2D eigenvalue weighted by Gasteiger charge is 1.94. The Morgan fingerprint density at radius 3 is 2.55 bits per heavy atom. The fraction of sp³-hybridized carbons (Fsp3) is 0.700. The minimum absolute atomic E-state index is 0.658. The molecule has 0 aliphatic heterocycles. The lowest BCUT2D eigenvalue weighted by Crippen LogP contribution is -1.84. The van der Waals surface area contributed by atoms with Crippen molar-refractivity contribution in [3.8, 4) is 0 Å². The molecule has 0 aromatic rings. The van der Waals surface area contributed by atoms with Crippen LogP contribution in [0.25, 0.3) is 4.85 Å². The van der Waals surface area contributed by atoms with Gasteiger partial charge in [0.15, 0.2) is 0 Å². The smallest absolute Gasteiger partial charge is 0.215 e. The molecule has 0 aliphatic carbocycles. The number of rotatable bonds is 6. The van der Waals surface area contributed by atoms with Gasteiger partial charge in [-0.15, -0.1) is 0 Å². The first-order valence-electron chi connectivity index (χ1n) is 4.31. The van der Waals surface area contributed by atoms with Gasteiger partial charge in [-0.25, -0.2) is 6.57 Å². The van der Waals surface area contributed by atoms with E-state index in [-0.39, 0.29) is 0 Å². The molecule has 0 bridgehead atoms. The van der Waals surface area contributed by atoms with Crippen LogP contribution < -0.4 is 0 Å². The van der Waals surface area contributed by atoms with Crippen molar-refractivity contribution < 1.29 is 0 Å². The maximum absolute atomic E-state index is 6.58. The normalized spacial score (nSPS) is 9.09. The zero-order chi connectivity index (χ0) is 8.53. The van der Waals surface area contributed by atoms with Crippen LogP contribution in [-0.4, -0.2) is 6.54 Å². The van der Waals surface area contributed by atoms with Gasteiger partial charge in [0.1, 0.15) is 0 Å². The standard InChI is InChI=1S/C10H17N/c1-4-5-7-10(2)8-6-9-11-3/h2,4-9H2,1H3. The molecular formula is C10H17N. The Morgan fingerprint density at radius 1 is 1.36 bits per heavy atom. The van der Waals surface area contributed by atoms with Gasteiger partial charge in [0, 0.05) is 6.42 Å². The summed E-state index contributed by atoms with van der Waals surface area (Å²) in [7, 11) is 0. The Hall–Kier alpha value is -0.770. The molecule has 0 aromatic heterocycles. The molecule has 0 atom stereocenters. The molecule has 62 valence electrons. The molecule has 0 amide bonds. The van der Waals surface area contributed by atoms with Crippen molar-refractivity contribution in [2.75, 3.05) is 6.54 Å². The summed E-state index contributed by atoms with van der Waals surface area (Å²) < 4.78 is 0. The summed E-state index contributed by atoms with van der Waals surface area (Å²) in [6.07, 6.45) is 5.67. The third-order valence-electron chi connectivity index (χ3n) is 1.68. The molecule has 1 heteroatoms. The summed E-state index contributed by atoms with van der Waals surface area (Å²) in [6, 6.07) is 0. The zero-order valence-corrected chi connectivity index (χ0v) is 7.40. The van der Waals surface area contributed by atoms with Gasteiger partial charge in [-0.05, 0) is 19.3 Å². The molecule has 0 saturated heterocycles. The number of hydrogen-bond donors (Lipinski definition) is 0. The van der Waals surface area contributed by atoms with Gasteiger partial charge in [-0.3, -0.25) is 0 Å². The van der Waals surface area contributed by atoms with Crippen LogP contribution in [0.2, 0.25) is 0 Å². The molecule has 0 heterocycles. The highest BCUT2D eigenvalue weighted by Crippen LogP contribution is 2.10. The van der Waals surface area contributed by atoms with E-state index in [0.717, 1.165) is 19.3 Å². The molecule has 0 N–H and O–H groups in total. The van der Waals surface area contributed by atoms with Crippen molar-refractivity contribution in [2.45, 2.75) is 39.0 Å². The first-order valence-corrected chi connectivity index (χ1v) is 4.31. The van der Waals surface area contributed by atoms with E-state index in [1.807, 2.05) is 0 Å². The van der Waals surface area contributed by atoms with E-state index in [9.17, 15) is 0 Å². The van der Waals surface area contributed by atoms with E-state index < -0.39 is 0 Å². The Bertz CT molecular complexity index is 141. The predicted octanol–water partition coefficient (Wildman–Crippen LogP) is 3.43. The molecule has 0 aliphatic rings. The summed E-state index contributed by atoms with van der Waals surface area (Å²) in [5, 5.41) is 0. The molecule has 0 spiro atoms. The molecule has 0 rings (SSSR count). The lowest BCUT2D eigenvalue weighted by Gasteiger charge is -2.00. The fourth-order valence-corrected chi connectivity index (χ4v) is 0.960. The van der Waals surface area contributed by atoms with E-state index in [0.29, 0.717) is 6.54 Å². The van der Waals surface area contributed by atoms with E-state index in [1.54, 1.807) is 0 Å². The van der Waals surface area contributed by atoms with Crippen LogP contribution in [0.5, 0.6) is 0 Å². The Balaban J connectivity index is 3.17.